The Bertz CT molecular complexity index is 469. The summed E-state index contributed by atoms with van der Waals surface area (Å²) in [5.41, 5.74) is 3.82. The molecule has 4 nitrogen and oxygen atoms in total. The average molecular weight is 277 g/mol. The third-order valence-electron chi connectivity index (χ3n) is 3.33. The van der Waals surface area contributed by atoms with Crippen LogP contribution in [0.15, 0.2) is 18.2 Å². The van der Waals surface area contributed by atoms with Crippen molar-refractivity contribution in [2.75, 3.05) is 6.54 Å². The highest BCUT2D eigenvalue weighted by Gasteiger charge is 2.03. The Morgan fingerprint density at radius 2 is 1.85 bits per heavy atom. The maximum Gasteiger partial charge on any atom is 0.303 e. The van der Waals surface area contributed by atoms with E-state index in [1.165, 1.54) is 16.7 Å². The number of nitrogens with one attached hydrogen (secondary N) is 1. The van der Waals surface area contributed by atoms with Crippen LogP contribution in [0.5, 0.6) is 0 Å². The van der Waals surface area contributed by atoms with E-state index in [-0.39, 0.29) is 12.3 Å². The molecule has 0 saturated carbocycles. The molecule has 1 rings (SSSR count). The van der Waals surface area contributed by atoms with Gasteiger partial charge in [-0.15, -0.1) is 0 Å². The number of carbonyl (C=O) groups excluding carboxylic acids is 1. The Morgan fingerprint density at radius 1 is 1.10 bits per heavy atom. The number of aliphatic carboxylic acids is 1. The first-order chi connectivity index (χ1) is 9.49. The zero-order valence-corrected chi connectivity index (χ0v) is 12.2. The third-order valence-corrected chi connectivity index (χ3v) is 3.33. The molecular formula is C16H23NO3. The van der Waals surface area contributed by atoms with E-state index in [1.54, 1.807) is 0 Å². The van der Waals surface area contributed by atoms with Crippen LogP contribution in [0.2, 0.25) is 0 Å². The van der Waals surface area contributed by atoms with Crippen LogP contribution in [-0.4, -0.2) is 23.5 Å². The topological polar surface area (TPSA) is 66.4 Å². The highest BCUT2D eigenvalue weighted by molar-refractivity contribution is 5.75. The fourth-order valence-corrected chi connectivity index (χ4v) is 1.97. The van der Waals surface area contributed by atoms with Crippen molar-refractivity contribution in [3.8, 4) is 0 Å². The summed E-state index contributed by atoms with van der Waals surface area (Å²) in [5, 5.41) is 11.2. The van der Waals surface area contributed by atoms with Crippen LogP contribution in [-0.2, 0) is 16.0 Å². The normalized spacial score (nSPS) is 10.3. The molecule has 0 unspecified atom stereocenters. The van der Waals surface area contributed by atoms with Crippen LogP contribution in [0, 0.1) is 13.8 Å². The van der Waals surface area contributed by atoms with Crippen LogP contribution in [0.3, 0.4) is 0 Å². The first kappa shape index (κ1) is 16.2. The summed E-state index contributed by atoms with van der Waals surface area (Å²) in [6.07, 6.45) is 2.78. The van der Waals surface area contributed by atoms with Gasteiger partial charge in [-0.25, -0.2) is 0 Å². The summed E-state index contributed by atoms with van der Waals surface area (Å²) < 4.78 is 0. The molecule has 1 aromatic carbocycles. The summed E-state index contributed by atoms with van der Waals surface area (Å²) in [6, 6.07) is 6.38. The number of hydrogen-bond donors (Lipinski definition) is 2. The van der Waals surface area contributed by atoms with Crippen molar-refractivity contribution >= 4 is 11.9 Å². The predicted molar refractivity (Wildman–Crippen MR) is 78.7 cm³/mol. The molecule has 0 atom stereocenters. The van der Waals surface area contributed by atoms with Gasteiger partial charge in [0.15, 0.2) is 0 Å². The van der Waals surface area contributed by atoms with Gasteiger partial charge in [-0.2, -0.15) is 0 Å². The van der Waals surface area contributed by atoms with E-state index in [1.807, 2.05) is 0 Å². The number of hydrogen-bond acceptors (Lipinski definition) is 2. The third kappa shape index (κ3) is 6.36. The Morgan fingerprint density at radius 3 is 2.50 bits per heavy atom. The van der Waals surface area contributed by atoms with Crippen molar-refractivity contribution in [1.29, 1.82) is 0 Å². The zero-order chi connectivity index (χ0) is 15.0. The largest absolute Gasteiger partial charge is 0.481 e. The molecule has 0 bridgehead atoms. The van der Waals surface area contributed by atoms with Crippen molar-refractivity contribution in [3.63, 3.8) is 0 Å². The molecule has 0 aliphatic heterocycles. The number of benzene rings is 1. The van der Waals surface area contributed by atoms with Crippen LogP contribution >= 0.6 is 0 Å². The standard InChI is InChI=1S/C16H23NO3/c1-12-8-9-14(11-13(12)2)5-3-6-15(18)17-10-4-7-16(19)20/h8-9,11H,3-7,10H2,1-2H3,(H,17,18)(H,19,20). The molecule has 4 heteroatoms. The molecule has 0 aliphatic carbocycles. The van der Waals surface area contributed by atoms with Gasteiger partial charge in [0.1, 0.15) is 0 Å². The van der Waals surface area contributed by atoms with E-state index in [9.17, 15) is 9.59 Å². The van der Waals surface area contributed by atoms with Crippen LogP contribution in [0.4, 0.5) is 0 Å². The molecule has 2 N–H and O–H groups in total. The van der Waals surface area contributed by atoms with E-state index in [2.05, 4.69) is 37.4 Å². The zero-order valence-electron chi connectivity index (χ0n) is 12.2. The number of aryl methyl sites for hydroxylation is 3. The molecule has 0 aliphatic rings. The van der Waals surface area contributed by atoms with E-state index >= 15 is 0 Å². The fourth-order valence-electron chi connectivity index (χ4n) is 1.97. The van der Waals surface area contributed by atoms with Gasteiger partial charge in [-0.1, -0.05) is 18.2 Å². The number of carbonyl (C=O) groups is 2. The first-order valence-electron chi connectivity index (χ1n) is 7.03. The molecule has 0 spiro atoms. The summed E-state index contributed by atoms with van der Waals surface area (Å²) in [7, 11) is 0. The second-order valence-electron chi connectivity index (χ2n) is 5.12. The smallest absolute Gasteiger partial charge is 0.303 e. The van der Waals surface area contributed by atoms with Gasteiger partial charge in [0.2, 0.25) is 5.91 Å². The molecule has 0 saturated heterocycles. The molecule has 0 fully saturated rings. The summed E-state index contributed by atoms with van der Waals surface area (Å²) >= 11 is 0. The van der Waals surface area contributed by atoms with Gasteiger partial charge in [0.25, 0.3) is 0 Å². The highest BCUT2D eigenvalue weighted by atomic mass is 16.4. The Hall–Kier alpha value is -1.84. The van der Waals surface area contributed by atoms with Crippen molar-refractivity contribution in [2.45, 2.75) is 46.0 Å². The van der Waals surface area contributed by atoms with Crippen LogP contribution in [0.25, 0.3) is 0 Å². The molecule has 1 aromatic rings. The Labute approximate surface area is 120 Å². The van der Waals surface area contributed by atoms with Crippen molar-refractivity contribution in [1.82, 2.24) is 5.32 Å². The monoisotopic (exact) mass is 277 g/mol. The van der Waals surface area contributed by atoms with E-state index in [4.69, 9.17) is 5.11 Å². The lowest BCUT2D eigenvalue weighted by Crippen LogP contribution is -2.24. The minimum absolute atomic E-state index is 0.000720. The van der Waals surface area contributed by atoms with E-state index in [0.29, 0.717) is 19.4 Å². The van der Waals surface area contributed by atoms with Gasteiger partial charge < -0.3 is 10.4 Å². The van der Waals surface area contributed by atoms with Crippen LogP contribution < -0.4 is 5.32 Å². The minimum Gasteiger partial charge on any atom is -0.481 e. The molecule has 0 aromatic heterocycles. The summed E-state index contributed by atoms with van der Waals surface area (Å²) in [4.78, 5) is 21.9. The summed E-state index contributed by atoms with van der Waals surface area (Å²) in [5.74, 6) is -0.826. The average Bonchev–Trinajstić information content (AvgIpc) is 2.39. The number of rotatable bonds is 8. The lowest BCUT2D eigenvalue weighted by atomic mass is 10.0. The van der Waals surface area contributed by atoms with Gasteiger partial charge >= 0.3 is 5.97 Å². The quantitative estimate of drug-likeness (QED) is 0.718. The van der Waals surface area contributed by atoms with E-state index in [0.717, 1.165) is 12.8 Å². The van der Waals surface area contributed by atoms with Crippen molar-refractivity contribution in [2.24, 2.45) is 0 Å². The van der Waals surface area contributed by atoms with Gasteiger partial charge in [-0.3, -0.25) is 9.59 Å². The SMILES string of the molecule is Cc1ccc(CCCC(=O)NCCCC(=O)O)cc1C. The number of amides is 1. The number of carboxylic acids is 1. The fraction of sp³-hybridized carbons (Fsp3) is 0.500. The molecular weight excluding hydrogens is 254 g/mol. The van der Waals surface area contributed by atoms with Gasteiger partial charge in [0.05, 0.1) is 0 Å². The second-order valence-corrected chi connectivity index (χ2v) is 5.12. The maximum absolute atomic E-state index is 11.5. The molecule has 110 valence electrons. The second kappa shape index (κ2) is 8.35. The minimum atomic E-state index is -0.825. The predicted octanol–water partition coefficient (Wildman–Crippen LogP) is 2.61. The highest BCUT2D eigenvalue weighted by Crippen LogP contribution is 2.12. The molecule has 0 heterocycles. The van der Waals surface area contributed by atoms with E-state index < -0.39 is 5.97 Å². The van der Waals surface area contributed by atoms with Gasteiger partial charge in [0, 0.05) is 19.4 Å². The lowest BCUT2D eigenvalue weighted by molar-refractivity contribution is -0.137. The Kier molecular flexibility index (Phi) is 6.77. The summed E-state index contributed by atoms with van der Waals surface area (Å²) in [6.45, 7) is 4.62. The van der Waals surface area contributed by atoms with Crippen molar-refractivity contribution in [3.05, 3.63) is 34.9 Å². The van der Waals surface area contributed by atoms with Crippen molar-refractivity contribution < 1.29 is 14.7 Å². The molecule has 20 heavy (non-hydrogen) atoms. The maximum atomic E-state index is 11.5. The lowest BCUT2D eigenvalue weighted by Gasteiger charge is -2.06. The van der Waals surface area contributed by atoms with Crippen LogP contribution in [0.1, 0.15) is 42.4 Å². The van der Waals surface area contributed by atoms with Gasteiger partial charge in [-0.05, 0) is 49.8 Å². The molecule has 1 amide bonds. The number of carboxylic acid groups (broad SMARTS) is 1. The molecule has 0 radical (unpaired) electrons. The first-order valence-corrected chi connectivity index (χ1v) is 7.03. The Balaban J connectivity index is 2.18.